The molecule has 106 valence electrons. The van der Waals surface area contributed by atoms with Crippen molar-refractivity contribution in [2.24, 2.45) is 5.73 Å². The largest absolute Gasteiger partial charge is 0.330 e. The zero-order chi connectivity index (χ0) is 14.0. The third-order valence-corrected chi connectivity index (χ3v) is 4.57. The number of nitrogens with zero attached hydrogens (tertiary/aromatic N) is 3. The highest BCUT2D eigenvalue weighted by atomic mass is 15.3. The molecule has 4 heteroatoms. The Morgan fingerprint density at radius 3 is 3.00 bits per heavy atom. The molecular weight excluding hydrogens is 248 g/mol. The van der Waals surface area contributed by atoms with Gasteiger partial charge in [-0.2, -0.15) is 5.10 Å². The maximum atomic E-state index is 6.20. The number of hydrogen-bond donors (Lipinski definition) is 1. The fraction of sp³-hybridized carbons (Fsp3) is 0.500. The fourth-order valence-electron chi connectivity index (χ4n) is 3.47. The molecule has 2 aromatic rings. The van der Waals surface area contributed by atoms with Crippen molar-refractivity contribution < 1.29 is 0 Å². The summed E-state index contributed by atoms with van der Waals surface area (Å²) in [4.78, 5) is 4.44. The third-order valence-electron chi connectivity index (χ3n) is 4.57. The summed E-state index contributed by atoms with van der Waals surface area (Å²) in [6.07, 6.45) is 6.04. The second-order valence-electron chi connectivity index (χ2n) is 5.66. The molecule has 0 amide bonds. The van der Waals surface area contributed by atoms with Crippen LogP contribution in [-0.4, -0.2) is 21.3 Å². The van der Waals surface area contributed by atoms with E-state index in [1.807, 2.05) is 4.68 Å². The van der Waals surface area contributed by atoms with Crippen LogP contribution in [0.25, 0.3) is 0 Å². The van der Waals surface area contributed by atoms with Gasteiger partial charge >= 0.3 is 0 Å². The van der Waals surface area contributed by atoms with Crippen molar-refractivity contribution in [3.05, 3.63) is 47.5 Å². The minimum absolute atomic E-state index is 0.0226. The summed E-state index contributed by atoms with van der Waals surface area (Å²) in [6, 6.07) is 8.73. The monoisotopic (exact) mass is 270 g/mol. The van der Waals surface area contributed by atoms with Crippen LogP contribution in [0.5, 0.6) is 0 Å². The van der Waals surface area contributed by atoms with Gasteiger partial charge in [-0.05, 0) is 37.3 Å². The molecule has 0 spiro atoms. The summed E-state index contributed by atoms with van der Waals surface area (Å²) in [6.45, 7) is 3.63. The number of benzene rings is 1. The Morgan fingerprint density at radius 2 is 2.20 bits per heavy atom. The SMILES string of the molecule is CCn1ncnc1CC1(CN)CCCc2ccccc21. The average Bonchev–Trinajstić information content (AvgIpc) is 2.94. The molecule has 4 nitrogen and oxygen atoms in total. The first-order valence-electron chi connectivity index (χ1n) is 7.44. The zero-order valence-electron chi connectivity index (χ0n) is 12.0. The van der Waals surface area contributed by atoms with Crippen LogP contribution in [0.3, 0.4) is 0 Å². The van der Waals surface area contributed by atoms with Gasteiger partial charge < -0.3 is 5.73 Å². The Morgan fingerprint density at radius 1 is 1.35 bits per heavy atom. The molecule has 1 aromatic heterocycles. The minimum atomic E-state index is 0.0226. The Labute approximate surface area is 120 Å². The molecule has 2 N–H and O–H groups in total. The van der Waals surface area contributed by atoms with E-state index < -0.39 is 0 Å². The van der Waals surface area contributed by atoms with Crippen molar-refractivity contribution >= 4 is 0 Å². The normalized spacial score (nSPS) is 21.7. The lowest BCUT2D eigenvalue weighted by Crippen LogP contribution is -2.41. The standard InChI is InChI=1S/C16H22N4/c1-2-20-15(18-12-19-20)10-16(11-17)9-5-7-13-6-3-4-8-14(13)16/h3-4,6,8,12H,2,5,7,9-11,17H2,1H3. The van der Waals surface area contributed by atoms with Gasteiger partial charge in [0.05, 0.1) is 0 Å². The number of rotatable bonds is 4. The molecule has 1 aromatic carbocycles. The van der Waals surface area contributed by atoms with E-state index in [0.717, 1.165) is 25.2 Å². The maximum Gasteiger partial charge on any atom is 0.138 e. The van der Waals surface area contributed by atoms with Crippen molar-refractivity contribution in [2.75, 3.05) is 6.54 Å². The molecule has 0 saturated carbocycles. The van der Waals surface area contributed by atoms with Crippen molar-refractivity contribution in [1.29, 1.82) is 0 Å². The molecule has 1 aliphatic carbocycles. The van der Waals surface area contributed by atoms with Crippen LogP contribution in [-0.2, 0) is 24.8 Å². The summed E-state index contributed by atoms with van der Waals surface area (Å²) >= 11 is 0. The first-order chi connectivity index (χ1) is 9.79. The van der Waals surface area contributed by atoms with Crippen LogP contribution < -0.4 is 5.73 Å². The highest BCUT2D eigenvalue weighted by Gasteiger charge is 2.36. The smallest absolute Gasteiger partial charge is 0.138 e. The minimum Gasteiger partial charge on any atom is -0.330 e. The first kappa shape index (κ1) is 13.3. The number of aromatic nitrogens is 3. The predicted octanol–water partition coefficient (Wildman–Crippen LogP) is 2.07. The van der Waals surface area contributed by atoms with E-state index in [0.29, 0.717) is 6.54 Å². The Balaban J connectivity index is 2.01. The molecule has 1 unspecified atom stereocenters. The summed E-state index contributed by atoms with van der Waals surface area (Å²) in [5.41, 5.74) is 9.09. The lowest BCUT2D eigenvalue weighted by Gasteiger charge is -2.38. The second-order valence-corrected chi connectivity index (χ2v) is 5.66. The Kier molecular flexibility index (Phi) is 3.57. The Hall–Kier alpha value is -1.68. The molecule has 0 bridgehead atoms. The predicted molar refractivity (Wildman–Crippen MR) is 79.5 cm³/mol. The summed E-state index contributed by atoms with van der Waals surface area (Å²) < 4.78 is 1.98. The number of fused-ring (bicyclic) bond motifs is 1. The van der Waals surface area contributed by atoms with Gasteiger partial charge in [0.1, 0.15) is 12.2 Å². The van der Waals surface area contributed by atoms with Crippen LogP contribution in [0.1, 0.15) is 36.7 Å². The van der Waals surface area contributed by atoms with Gasteiger partial charge in [0, 0.05) is 24.9 Å². The van der Waals surface area contributed by atoms with Crippen LogP contribution in [0, 0.1) is 0 Å². The van der Waals surface area contributed by atoms with Crippen molar-refractivity contribution in [3.8, 4) is 0 Å². The topological polar surface area (TPSA) is 56.7 Å². The number of nitrogens with two attached hydrogens (primary N) is 1. The van der Waals surface area contributed by atoms with Gasteiger partial charge in [-0.3, -0.25) is 4.68 Å². The van der Waals surface area contributed by atoms with Gasteiger partial charge in [0.2, 0.25) is 0 Å². The molecule has 0 fully saturated rings. The highest BCUT2D eigenvalue weighted by molar-refractivity contribution is 5.38. The molecule has 20 heavy (non-hydrogen) atoms. The lowest BCUT2D eigenvalue weighted by atomic mass is 9.68. The quantitative estimate of drug-likeness (QED) is 0.925. The van der Waals surface area contributed by atoms with Crippen molar-refractivity contribution in [2.45, 2.75) is 44.6 Å². The summed E-state index contributed by atoms with van der Waals surface area (Å²) in [5, 5.41) is 4.29. The van der Waals surface area contributed by atoms with E-state index in [1.165, 1.54) is 24.0 Å². The van der Waals surface area contributed by atoms with Gasteiger partial charge in [-0.15, -0.1) is 0 Å². The zero-order valence-corrected chi connectivity index (χ0v) is 12.0. The van der Waals surface area contributed by atoms with E-state index in [4.69, 9.17) is 5.73 Å². The van der Waals surface area contributed by atoms with Gasteiger partial charge in [-0.1, -0.05) is 24.3 Å². The molecule has 1 atom stereocenters. The Bertz CT molecular complexity index is 590. The van der Waals surface area contributed by atoms with Crippen LogP contribution in [0.2, 0.25) is 0 Å². The van der Waals surface area contributed by atoms with Gasteiger partial charge in [-0.25, -0.2) is 4.98 Å². The molecule has 1 aliphatic rings. The van der Waals surface area contributed by atoms with E-state index in [1.54, 1.807) is 6.33 Å². The third kappa shape index (κ3) is 2.14. The van der Waals surface area contributed by atoms with Crippen molar-refractivity contribution in [1.82, 2.24) is 14.8 Å². The van der Waals surface area contributed by atoms with E-state index in [2.05, 4.69) is 41.3 Å². The van der Waals surface area contributed by atoms with Gasteiger partial charge in [0.15, 0.2) is 0 Å². The lowest BCUT2D eigenvalue weighted by molar-refractivity contribution is 0.352. The molecule has 3 rings (SSSR count). The average molecular weight is 270 g/mol. The summed E-state index contributed by atoms with van der Waals surface area (Å²) in [7, 11) is 0. The molecule has 0 aliphatic heterocycles. The van der Waals surface area contributed by atoms with Crippen molar-refractivity contribution in [3.63, 3.8) is 0 Å². The number of aryl methyl sites for hydroxylation is 2. The van der Waals surface area contributed by atoms with Crippen LogP contribution >= 0.6 is 0 Å². The van der Waals surface area contributed by atoms with Gasteiger partial charge in [0.25, 0.3) is 0 Å². The van der Waals surface area contributed by atoms with E-state index in [9.17, 15) is 0 Å². The maximum absolute atomic E-state index is 6.20. The summed E-state index contributed by atoms with van der Waals surface area (Å²) in [5.74, 6) is 1.05. The molecule has 1 heterocycles. The van der Waals surface area contributed by atoms with Crippen LogP contribution in [0.4, 0.5) is 0 Å². The number of hydrogen-bond acceptors (Lipinski definition) is 3. The fourth-order valence-corrected chi connectivity index (χ4v) is 3.47. The molecular formula is C16H22N4. The van der Waals surface area contributed by atoms with Crippen LogP contribution in [0.15, 0.2) is 30.6 Å². The van der Waals surface area contributed by atoms with E-state index >= 15 is 0 Å². The molecule has 0 radical (unpaired) electrons. The second kappa shape index (κ2) is 5.37. The molecule has 0 saturated heterocycles. The first-order valence-corrected chi connectivity index (χ1v) is 7.44. The van der Waals surface area contributed by atoms with E-state index in [-0.39, 0.29) is 5.41 Å². The highest BCUT2D eigenvalue weighted by Crippen LogP contribution is 2.38.